The molecule has 0 aliphatic carbocycles. The van der Waals surface area contributed by atoms with E-state index in [2.05, 4.69) is 27.2 Å². The monoisotopic (exact) mass is 349 g/mol. The first kappa shape index (κ1) is 13.5. The predicted molar refractivity (Wildman–Crippen MR) is 84.6 cm³/mol. The van der Waals surface area contributed by atoms with Gasteiger partial charge >= 0.3 is 0 Å². The van der Waals surface area contributed by atoms with Gasteiger partial charge in [0.25, 0.3) is 0 Å². The van der Waals surface area contributed by atoms with Crippen molar-refractivity contribution in [3.8, 4) is 5.75 Å². The smallest absolute Gasteiger partial charge is 0.196 e. The van der Waals surface area contributed by atoms with Crippen LogP contribution in [0, 0.1) is 0 Å². The zero-order valence-corrected chi connectivity index (χ0v) is 13.2. The Hall–Kier alpha value is -1.46. The lowest BCUT2D eigenvalue weighted by Crippen LogP contribution is -2.14. The number of nitrogens with zero attached hydrogens (tertiary/aromatic N) is 1. The van der Waals surface area contributed by atoms with Crippen LogP contribution in [0.15, 0.2) is 45.8 Å². The highest BCUT2D eigenvalue weighted by Gasteiger charge is 2.26. The molecular weight excluding hydrogens is 338 g/mol. The van der Waals surface area contributed by atoms with E-state index in [0.717, 1.165) is 17.1 Å². The molecule has 0 aromatic heterocycles. The van der Waals surface area contributed by atoms with Gasteiger partial charge in [-0.2, -0.15) is 0 Å². The third kappa shape index (κ3) is 2.11. The van der Waals surface area contributed by atoms with Gasteiger partial charge < -0.3 is 9.41 Å². The molecule has 0 spiro atoms. The third-order valence-electron chi connectivity index (χ3n) is 3.21. The molecule has 1 N–H and O–H groups in total. The van der Waals surface area contributed by atoms with Crippen LogP contribution in [0.4, 0.5) is 5.69 Å². The number of carbonyl (C=O) groups is 1. The average Bonchev–Trinajstić information content (AvgIpc) is 2.57. The molecule has 3 nitrogen and oxygen atoms in total. The second-order valence-electron chi connectivity index (χ2n) is 4.43. The Bertz CT molecular complexity index is 702. The van der Waals surface area contributed by atoms with E-state index >= 15 is 0 Å². The molecule has 1 heterocycles. The molecule has 0 unspecified atom stereocenters. The van der Waals surface area contributed by atoms with Crippen molar-refractivity contribution >= 4 is 39.3 Å². The van der Waals surface area contributed by atoms with E-state index in [0.29, 0.717) is 15.6 Å². The molecule has 0 atom stereocenters. The highest BCUT2D eigenvalue weighted by atomic mass is 79.9. The molecule has 1 aliphatic heterocycles. The standard InChI is InChI=1S/C15H12BrNO2S/c1-2-17-12-6-4-3-5-9(12)15(19)10-7-13(18)11(16)8-14(10)20-17/h3-8,18H,2H2,1H3. The average molecular weight is 350 g/mol. The van der Waals surface area contributed by atoms with Crippen molar-refractivity contribution in [2.75, 3.05) is 10.8 Å². The Labute approximate surface area is 129 Å². The Morgan fingerprint density at radius 3 is 2.75 bits per heavy atom. The van der Waals surface area contributed by atoms with Crippen LogP contribution in [-0.4, -0.2) is 17.4 Å². The fourth-order valence-electron chi connectivity index (χ4n) is 2.23. The minimum Gasteiger partial charge on any atom is -0.507 e. The first-order valence-corrected chi connectivity index (χ1v) is 7.80. The highest BCUT2D eigenvalue weighted by molar-refractivity contribution is 9.10. The molecule has 5 heteroatoms. The molecule has 0 fully saturated rings. The zero-order chi connectivity index (χ0) is 14.3. The summed E-state index contributed by atoms with van der Waals surface area (Å²) < 4.78 is 2.68. The fourth-order valence-corrected chi connectivity index (χ4v) is 3.77. The Morgan fingerprint density at radius 2 is 2.00 bits per heavy atom. The summed E-state index contributed by atoms with van der Waals surface area (Å²) in [4.78, 5) is 13.5. The second-order valence-corrected chi connectivity index (χ2v) is 6.35. The topological polar surface area (TPSA) is 40.5 Å². The number of aromatic hydroxyl groups is 1. The number of halogens is 1. The first-order valence-electron chi connectivity index (χ1n) is 6.23. The summed E-state index contributed by atoms with van der Waals surface area (Å²) in [6, 6.07) is 10.9. The number of para-hydroxylation sites is 1. The SMILES string of the molecule is CCN1Sc2cc(Br)c(O)cc2C(=O)c2ccccc21. The van der Waals surface area contributed by atoms with Gasteiger partial charge in [-0.3, -0.25) is 4.79 Å². The summed E-state index contributed by atoms with van der Waals surface area (Å²) in [6.07, 6.45) is 0. The number of hydrogen-bond donors (Lipinski definition) is 1. The van der Waals surface area contributed by atoms with E-state index < -0.39 is 0 Å². The maximum absolute atomic E-state index is 12.7. The molecule has 102 valence electrons. The van der Waals surface area contributed by atoms with Crippen LogP contribution in [0.2, 0.25) is 0 Å². The zero-order valence-electron chi connectivity index (χ0n) is 10.8. The molecule has 1 aliphatic rings. The van der Waals surface area contributed by atoms with E-state index in [1.165, 1.54) is 18.0 Å². The van der Waals surface area contributed by atoms with Gasteiger partial charge in [-0.25, -0.2) is 0 Å². The summed E-state index contributed by atoms with van der Waals surface area (Å²) in [6.45, 7) is 2.83. The normalized spacial score (nSPS) is 13.7. The van der Waals surface area contributed by atoms with E-state index in [4.69, 9.17) is 0 Å². The van der Waals surface area contributed by atoms with Crippen LogP contribution in [0.25, 0.3) is 0 Å². The van der Waals surface area contributed by atoms with Crippen molar-refractivity contribution in [3.05, 3.63) is 52.0 Å². The summed E-state index contributed by atoms with van der Waals surface area (Å²) in [5.74, 6) is 0.0296. The molecule has 0 radical (unpaired) electrons. The molecule has 0 amide bonds. The molecule has 0 bridgehead atoms. The van der Waals surface area contributed by atoms with Gasteiger partial charge in [0, 0.05) is 22.6 Å². The Kier molecular flexibility index (Phi) is 3.48. The van der Waals surface area contributed by atoms with Gasteiger partial charge in [0.2, 0.25) is 0 Å². The van der Waals surface area contributed by atoms with Crippen molar-refractivity contribution in [1.82, 2.24) is 0 Å². The van der Waals surface area contributed by atoms with Crippen molar-refractivity contribution in [1.29, 1.82) is 0 Å². The molecule has 0 saturated heterocycles. The van der Waals surface area contributed by atoms with Gasteiger partial charge in [0.15, 0.2) is 5.78 Å². The number of phenolic OH excluding ortho intramolecular Hbond substituents is 1. The van der Waals surface area contributed by atoms with Crippen LogP contribution >= 0.6 is 27.9 Å². The van der Waals surface area contributed by atoms with Crippen LogP contribution < -0.4 is 4.31 Å². The van der Waals surface area contributed by atoms with E-state index in [1.807, 2.05) is 24.3 Å². The van der Waals surface area contributed by atoms with Gasteiger partial charge in [0.05, 0.1) is 10.2 Å². The van der Waals surface area contributed by atoms with Crippen LogP contribution in [-0.2, 0) is 0 Å². The molecule has 3 rings (SSSR count). The van der Waals surface area contributed by atoms with Crippen molar-refractivity contribution in [2.45, 2.75) is 11.8 Å². The Morgan fingerprint density at radius 1 is 1.25 bits per heavy atom. The number of rotatable bonds is 1. The maximum Gasteiger partial charge on any atom is 0.196 e. The van der Waals surface area contributed by atoms with Crippen LogP contribution in [0.3, 0.4) is 0 Å². The van der Waals surface area contributed by atoms with E-state index in [1.54, 1.807) is 6.07 Å². The Balaban J connectivity index is 2.26. The molecule has 2 aromatic rings. The summed E-state index contributed by atoms with van der Waals surface area (Å²) in [5, 5.41) is 9.83. The lowest BCUT2D eigenvalue weighted by Gasteiger charge is -2.21. The van der Waals surface area contributed by atoms with E-state index in [9.17, 15) is 9.90 Å². The molecule has 2 aromatic carbocycles. The van der Waals surface area contributed by atoms with E-state index in [-0.39, 0.29) is 11.5 Å². The quantitative estimate of drug-likeness (QED) is 0.782. The highest BCUT2D eigenvalue weighted by Crippen LogP contribution is 2.41. The number of fused-ring (bicyclic) bond motifs is 2. The van der Waals surface area contributed by atoms with Gasteiger partial charge in [-0.15, -0.1) is 0 Å². The van der Waals surface area contributed by atoms with Gasteiger partial charge in [-0.05, 0) is 59.1 Å². The van der Waals surface area contributed by atoms with Crippen LogP contribution in [0.1, 0.15) is 22.8 Å². The van der Waals surface area contributed by atoms with Gasteiger partial charge in [-0.1, -0.05) is 12.1 Å². The van der Waals surface area contributed by atoms with Crippen molar-refractivity contribution in [3.63, 3.8) is 0 Å². The molecular formula is C15H12BrNO2S. The third-order valence-corrected chi connectivity index (χ3v) is 5.05. The minimum atomic E-state index is -0.0538. The number of ketones is 1. The lowest BCUT2D eigenvalue weighted by molar-refractivity contribution is 0.103. The lowest BCUT2D eigenvalue weighted by atomic mass is 10.0. The largest absolute Gasteiger partial charge is 0.507 e. The number of carbonyl (C=O) groups excluding carboxylic acids is 1. The fraction of sp³-hybridized carbons (Fsp3) is 0.133. The van der Waals surface area contributed by atoms with Gasteiger partial charge in [0.1, 0.15) is 5.75 Å². The number of anilines is 1. The summed E-state index contributed by atoms with van der Waals surface area (Å²) >= 11 is 4.82. The number of phenols is 1. The first-order chi connectivity index (χ1) is 9.61. The second kappa shape index (κ2) is 5.14. The number of benzene rings is 2. The predicted octanol–water partition coefficient (Wildman–Crippen LogP) is 4.23. The number of hydrogen-bond acceptors (Lipinski definition) is 4. The molecule has 0 saturated carbocycles. The molecule has 20 heavy (non-hydrogen) atoms. The summed E-state index contributed by atoms with van der Waals surface area (Å²) in [5.41, 5.74) is 2.12. The van der Waals surface area contributed by atoms with Crippen LogP contribution in [0.5, 0.6) is 5.75 Å². The van der Waals surface area contributed by atoms with Crippen molar-refractivity contribution < 1.29 is 9.90 Å². The minimum absolute atomic E-state index is 0.0538. The van der Waals surface area contributed by atoms with Crippen molar-refractivity contribution in [2.24, 2.45) is 0 Å². The summed E-state index contributed by atoms with van der Waals surface area (Å²) in [7, 11) is 0. The maximum atomic E-state index is 12.7.